The number of nitrogens with one attached hydrogen (secondary N) is 1. The standard InChI is InChI=1S/C13H21N3O/c1-10-15-6-5-13(16-10)8-14-7-11-3-2-4-12(11)9-17/h5-6,11-12,14,17H,2-4,7-9H2,1H3. The van der Waals surface area contributed by atoms with E-state index in [9.17, 15) is 5.11 Å². The summed E-state index contributed by atoms with van der Waals surface area (Å²) < 4.78 is 0. The zero-order chi connectivity index (χ0) is 12.1. The predicted molar refractivity (Wildman–Crippen MR) is 66.4 cm³/mol. The van der Waals surface area contributed by atoms with Gasteiger partial charge in [0.25, 0.3) is 0 Å². The maximum absolute atomic E-state index is 9.24. The molecule has 1 aliphatic rings. The lowest BCUT2D eigenvalue weighted by Crippen LogP contribution is -2.26. The van der Waals surface area contributed by atoms with Crippen molar-refractivity contribution in [2.24, 2.45) is 11.8 Å². The molecule has 4 nitrogen and oxygen atoms in total. The van der Waals surface area contributed by atoms with Gasteiger partial charge in [-0.2, -0.15) is 0 Å². The zero-order valence-corrected chi connectivity index (χ0v) is 10.4. The van der Waals surface area contributed by atoms with Gasteiger partial charge in [0.2, 0.25) is 0 Å². The summed E-state index contributed by atoms with van der Waals surface area (Å²) in [6.45, 7) is 4.01. The van der Waals surface area contributed by atoms with Crippen LogP contribution in [-0.2, 0) is 6.54 Å². The van der Waals surface area contributed by atoms with Crippen molar-refractivity contribution in [1.29, 1.82) is 0 Å². The van der Waals surface area contributed by atoms with E-state index in [4.69, 9.17) is 0 Å². The van der Waals surface area contributed by atoms with Gasteiger partial charge in [0.05, 0.1) is 5.69 Å². The summed E-state index contributed by atoms with van der Waals surface area (Å²) in [5.74, 6) is 1.94. The van der Waals surface area contributed by atoms with Crippen molar-refractivity contribution in [2.45, 2.75) is 32.7 Å². The summed E-state index contributed by atoms with van der Waals surface area (Å²) in [5.41, 5.74) is 1.04. The van der Waals surface area contributed by atoms with E-state index in [2.05, 4.69) is 15.3 Å². The molecule has 2 rings (SSSR count). The highest BCUT2D eigenvalue weighted by Crippen LogP contribution is 2.30. The van der Waals surface area contributed by atoms with Gasteiger partial charge in [0, 0.05) is 19.3 Å². The summed E-state index contributed by atoms with van der Waals surface area (Å²) in [6.07, 6.45) is 5.46. The molecular formula is C13H21N3O. The minimum Gasteiger partial charge on any atom is -0.396 e. The molecule has 0 saturated heterocycles. The average molecular weight is 235 g/mol. The van der Waals surface area contributed by atoms with Crippen molar-refractivity contribution >= 4 is 0 Å². The Kier molecular flexibility index (Phi) is 4.45. The van der Waals surface area contributed by atoms with Gasteiger partial charge in [-0.15, -0.1) is 0 Å². The van der Waals surface area contributed by atoms with Crippen molar-refractivity contribution in [2.75, 3.05) is 13.2 Å². The molecule has 0 spiro atoms. The van der Waals surface area contributed by atoms with Crippen LogP contribution in [0, 0.1) is 18.8 Å². The van der Waals surface area contributed by atoms with Gasteiger partial charge in [0.1, 0.15) is 5.82 Å². The smallest absolute Gasteiger partial charge is 0.125 e. The molecule has 1 aliphatic carbocycles. The van der Waals surface area contributed by atoms with Crippen molar-refractivity contribution in [3.05, 3.63) is 23.8 Å². The molecule has 2 N–H and O–H groups in total. The lowest BCUT2D eigenvalue weighted by atomic mass is 9.97. The quantitative estimate of drug-likeness (QED) is 0.807. The first-order valence-electron chi connectivity index (χ1n) is 6.39. The first kappa shape index (κ1) is 12.5. The second kappa shape index (κ2) is 6.07. The van der Waals surface area contributed by atoms with Crippen LogP contribution in [0.3, 0.4) is 0 Å². The molecule has 0 aliphatic heterocycles. The van der Waals surface area contributed by atoms with Crippen molar-refractivity contribution < 1.29 is 5.11 Å². The third-order valence-electron chi connectivity index (χ3n) is 3.60. The molecule has 1 saturated carbocycles. The minimum atomic E-state index is 0.332. The highest BCUT2D eigenvalue weighted by molar-refractivity contribution is 5.01. The van der Waals surface area contributed by atoms with Crippen molar-refractivity contribution in [1.82, 2.24) is 15.3 Å². The lowest BCUT2D eigenvalue weighted by molar-refractivity contribution is 0.192. The van der Waals surface area contributed by atoms with Crippen LogP contribution in [0.15, 0.2) is 12.3 Å². The number of nitrogens with zero attached hydrogens (tertiary/aromatic N) is 2. The largest absolute Gasteiger partial charge is 0.396 e. The Balaban J connectivity index is 1.76. The Bertz CT molecular complexity index is 356. The summed E-state index contributed by atoms with van der Waals surface area (Å²) in [4.78, 5) is 8.43. The van der Waals surface area contributed by atoms with Gasteiger partial charge in [-0.05, 0) is 44.2 Å². The van der Waals surface area contributed by atoms with E-state index in [0.717, 1.165) is 24.6 Å². The topological polar surface area (TPSA) is 58.0 Å². The summed E-state index contributed by atoms with van der Waals surface area (Å²) in [5, 5.41) is 12.7. The first-order valence-corrected chi connectivity index (χ1v) is 6.39. The first-order chi connectivity index (χ1) is 8.29. The van der Waals surface area contributed by atoms with Crippen LogP contribution >= 0.6 is 0 Å². The highest BCUT2D eigenvalue weighted by Gasteiger charge is 2.25. The monoisotopic (exact) mass is 235 g/mol. The molecule has 1 heterocycles. The van der Waals surface area contributed by atoms with Gasteiger partial charge in [-0.25, -0.2) is 9.97 Å². The molecule has 1 aromatic rings. The fraction of sp³-hybridized carbons (Fsp3) is 0.692. The third kappa shape index (κ3) is 3.48. The number of hydrogen-bond acceptors (Lipinski definition) is 4. The van der Waals surface area contributed by atoms with Gasteiger partial charge < -0.3 is 10.4 Å². The van der Waals surface area contributed by atoms with Crippen LogP contribution in [0.2, 0.25) is 0 Å². The van der Waals surface area contributed by atoms with E-state index < -0.39 is 0 Å². The number of aliphatic hydroxyl groups excluding tert-OH is 1. The fourth-order valence-corrected chi connectivity index (χ4v) is 2.61. The Hall–Kier alpha value is -1.00. The van der Waals surface area contributed by atoms with Crippen molar-refractivity contribution in [3.8, 4) is 0 Å². The molecule has 2 atom stereocenters. The number of aliphatic hydroxyl groups is 1. The molecular weight excluding hydrogens is 214 g/mol. The molecule has 0 amide bonds. The average Bonchev–Trinajstić information content (AvgIpc) is 2.77. The van der Waals surface area contributed by atoms with Crippen LogP contribution < -0.4 is 5.32 Å². The lowest BCUT2D eigenvalue weighted by Gasteiger charge is -2.17. The van der Waals surface area contributed by atoms with Crippen LogP contribution in [0.1, 0.15) is 30.8 Å². The third-order valence-corrected chi connectivity index (χ3v) is 3.60. The van der Waals surface area contributed by atoms with E-state index in [1.165, 1.54) is 19.3 Å². The summed E-state index contributed by atoms with van der Waals surface area (Å²) in [7, 11) is 0. The van der Waals surface area contributed by atoms with Crippen LogP contribution in [-0.4, -0.2) is 28.2 Å². The van der Waals surface area contributed by atoms with Gasteiger partial charge in [0.15, 0.2) is 0 Å². The fourth-order valence-electron chi connectivity index (χ4n) is 2.61. The van der Waals surface area contributed by atoms with Gasteiger partial charge in [-0.1, -0.05) is 6.42 Å². The normalized spacial score (nSPS) is 24.1. The van der Waals surface area contributed by atoms with E-state index in [0.29, 0.717) is 18.4 Å². The Morgan fingerprint density at radius 3 is 3.00 bits per heavy atom. The van der Waals surface area contributed by atoms with Gasteiger partial charge >= 0.3 is 0 Å². The van der Waals surface area contributed by atoms with Crippen LogP contribution in [0.5, 0.6) is 0 Å². The van der Waals surface area contributed by atoms with Crippen LogP contribution in [0.25, 0.3) is 0 Å². The van der Waals surface area contributed by atoms with E-state index in [1.54, 1.807) is 6.20 Å². The molecule has 17 heavy (non-hydrogen) atoms. The highest BCUT2D eigenvalue weighted by atomic mass is 16.3. The number of rotatable bonds is 5. The number of hydrogen-bond donors (Lipinski definition) is 2. The van der Waals surface area contributed by atoms with E-state index in [1.807, 2.05) is 13.0 Å². The second-order valence-electron chi connectivity index (χ2n) is 4.86. The van der Waals surface area contributed by atoms with Crippen LogP contribution in [0.4, 0.5) is 0 Å². The number of aromatic nitrogens is 2. The Morgan fingerprint density at radius 1 is 1.41 bits per heavy atom. The Morgan fingerprint density at radius 2 is 2.24 bits per heavy atom. The zero-order valence-electron chi connectivity index (χ0n) is 10.4. The molecule has 0 aromatic carbocycles. The summed E-state index contributed by atoms with van der Waals surface area (Å²) in [6, 6.07) is 1.94. The molecule has 0 radical (unpaired) electrons. The number of aryl methyl sites for hydroxylation is 1. The second-order valence-corrected chi connectivity index (χ2v) is 4.86. The maximum Gasteiger partial charge on any atom is 0.125 e. The molecule has 94 valence electrons. The van der Waals surface area contributed by atoms with E-state index >= 15 is 0 Å². The molecule has 0 bridgehead atoms. The summed E-state index contributed by atoms with van der Waals surface area (Å²) >= 11 is 0. The minimum absolute atomic E-state index is 0.332. The predicted octanol–water partition coefficient (Wildman–Crippen LogP) is 1.28. The Labute approximate surface area is 102 Å². The SMILES string of the molecule is Cc1nccc(CNCC2CCCC2CO)n1. The maximum atomic E-state index is 9.24. The molecule has 2 unspecified atom stereocenters. The van der Waals surface area contributed by atoms with E-state index in [-0.39, 0.29) is 0 Å². The molecule has 1 aromatic heterocycles. The molecule has 4 heteroatoms. The van der Waals surface area contributed by atoms with Crippen molar-refractivity contribution in [3.63, 3.8) is 0 Å². The molecule has 1 fully saturated rings. The van der Waals surface area contributed by atoms with Gasteiger partial charge in [-0.3, -0.25) is 0 Å².